The third kappa shape index (κ3) is 7.55. The first-order valence-corrected chi connectivity index (χ1v) is 9.69. The van der Waals surface area contributed by atoms with Crippen LogP contribution < -0.4 is 16.0 Å². The number of nitrogens with zero attached hydrogens (tertiary/aromatic N) is 1. The zero-order valence-corrected chi connectivity index (χ0v) is 17.0. The average Bonchev–Trinajstić information content (AvgIpc) is 2.67. The van der Waals surface area contributed by atoms with Gasteiger partial charge < -0.3 is 16.0 Å². The average molecular weight is 443 g/mol. The Morgan fingerprint density at radius 3 is 2.57 bits per heavy atom. The summed E-state index contributed by atoms with van der Waals surface area (Å²) in [5, 5.41) is 8.10. The molecule has 3 N–H and O–H groups in total. The first kappa shape index (κ1) is 23.5. The molecular formula is C20H22ClF3N4O2. The molecule has 2 aromatic rings. The van der Waals surface area contributed by atoms with Crippen molar-refractivity contribution in [2.45, 2.75) is 38.9 Å². The van der Waals surface area contributed by atoms with Crippen molar-refractivity contribution >= 4 is 34.9 Å². The van der Waals surface area contributed by atoms with E-state index >= 15 is 0 Å². The summed E-state index contributed by atoms with van der Waals surface area (Å²) in [5.41, 5.74) is 0.534. The third-order valence-electron chi connectivity index (χ3n) is 3.99. The van der Waals surface area contributed by atoms with E-state index in [2.05, 4.69) is 20.9 Å². The number of pyridine rings is 1. The number of anilines is 2. The maximum absolute atomic E-state index is 12.6. The number of aromatic nitrogens is 1. The Morgan fingerprint density at radius 1 is 1.13 bits per heavy atom. The van der Waals surface area contributed by atoms with Gasteiger partial charge in [0, 0.05) is 37.8 Å². The van der Waals surface area contributed by atoms with Crippen molar-refractivity contribution in [3.05, 3.63) is 52.7 Å². The summed E-state index contributed by atoms with van der Waals surface area (Å²) in [6, 6.07) is 7.92. The molecule has 0 saturated carbocycles. The number of amides is 2. The lowest BCUT2D eigenvalue weighted by molar-refractivity contribution is -0.137. The molecule has 1 aromatic heterocycles. The van der Waals surface area contributed by atoms with Crippen molar-refractivity contribution in [2.75, 3.05) is 17.2 Å². The second-order valence-electron chi connectivity index (χ2n) is 6.50. The van der Waals surface area contributed by atoms with E-state index in [1.807, 2.05) is 13.0 Å². The fraction of sp³-hybridized carbons (Fsp3) is 0.350. The minimum absolute atomic E-state index is 0.0692. The Balaban J connectivity index is 1.79. The van der Waals surface area contributed by atoms with Crippen molar-refractivity contribution in [3.8, 4) is 0 Å². The number of alkyl halides is 3. The smallest absolute Gasteiger partial charge is 0.368 e. The topological polar surface area (TPSA) is 83.1 Å². The van der Waals surface area contributed by atoms with Gasteiger partial charge in [-0.25, -0.2) is 4.98 Å². The number of hydrogen-bond donors (Lipinski definition) is 3. The number of benzene rings is 1. The molecule has 162 valence electrons. The lowest BCUT2D eigenvalue weighted by atomic mass is 10.2. The Labute approximate surface area is 177 Å². The van der Waals surface area contributed by atoms with Crippen LogP contribution in [0.25, 0.3) is 0 Å². The Morgan fingerprint density at radius 2 is 1.90 bits per heavy atom. The number of nitrogens with one attached hydrogen (secondary N) is 3. The van der Waals surface area contributed by atoms with Gasteiger partial charge in [-0.2, -0.15) is 13.2 Å². The lowest BCUT2D eigenvalue weighted by Gasteiger charge is -2.11. The molecule has 0 spiro atoms. The summed E-state index contributed by atoms with van der Waals surface area (Å²) in [7, 11) is 0. The van der Waals surface area contributed by atoms with Crippen LogP contribution in [0, 0.1) is 0 Å². The molecule has 6 nitrogen and oxygen atoms in total. The van der Waals surface area contributed by atoms with Crippen LogP contribution in [0.3, 0.4) is 0 Å². The molecule has 0 aliphatic rings. The Kier molecular flexibility index (Phi) is 8.46. The molecule has 2 amide bonds. The van der Waals surface area contributed by atoms with Crippen molar-refractivity contribution in [1.82, 2.24) is 10.3 Å². The highest BCUT2D eigenvalue weighted by Gasteiger charge is 2.31. The van der Waals surface area contributed by atoms with Gasteiger partial charge in [-0.1, -0.05) is 30.7 Å². The van der Waals surface area contributed by atoms with Crippen LogP contribution in [0.15, 0.2) is 36.5 Å². The van der Waals surface area contributed by atoms with E-state index in [0.717, 1.165) is 18.1 Å². The maximum Gasteiger partial charge on any atom is 0.417 e. The van der Waals surface area contributed by atoms with Crippen molar-refractivity contribution in [2.24, 2.45) is 0 Å². The summed E-state index contributed by atoms with van der Waals surface area (Å²) in [6.07, 6.45) is -2.58. The molecule has 0 radical (unpaired) electrons. The molecule has 0 fully saturated rings. The molecule has 10 heteroatoms. The van der Waals surface area contributed by atoms with Crippen LogP contribution >= 0.6 is 11.6 Å². The van der Waals surface area contributed by atoms with Crippen LogP contribution in [-0.2, 0) is 22.3 Å². The van der Waals surface area contributed by atoms with Crippen LogP contribution in [0.2, 0.25) is 5.02 Å². The zero-order valence-electron chi connectivity index (χ0n) is 16.3. The standard InChI is InChI=1S/C20H22ClF3N4O2/c1-2-4-18(30)28-15-6-3-5-13(9-15)11-26-17(29)7-8-25-19-16(21)10-14(12-27-19)20(22,23)24/h3,5-6,9-10,12H,2,4,7-8,11H2,1H3,(H,25,27)(H,26,29)(H,28,30). The van der Waals surface area contributed by atoms with E-state index < -0.39 is 11.7 Å². The van der Waals surface area contributed by atoms with E-state index in [4.69, 9.17) is 11.6 Å². The lowest BCUT2D eigenvalue weighted by Crippen LogP contribution is -2.25. The highest BCUT2D eigenvalue weighted by Crippen LogP contribution is 2.32. The van der Waals surface area contributed by atoms with Crippen molar-refractivity contribution in [3.63, 3.8) is 0 Å². The van der Waals surface area contributed by atoms with E-state index in [0.29, 0.717) is 18.3 Å². The number of halogens is 4. The SMILES string of the molecule is CCCC(=O)Nc1cccc(CNC(=O)CCNc2ncc(C(F)(F)F)cc2Cl)c1. The van der Waals surface area contributed by atoms with E-state index in [-0.39, 0.29) is 42.2 Å². The van der Waals surface area contributed by atoms with Crippen LogP contribution in [-0.4, -0.2) is 23.3 Å². The molecular weight excluding hydrogens is 421 g/mol. The van der Waals surface area contributed by atoms with Gasteiger partial charge in [0.2, 0.25) is 11.8 Å². The molecule has 0 atom stereocenters. The molecule has 1 heterocycles. The summed E-state index contributed by atoms with van der Waals surface area (Å²) < 4.78 is 37.8. The van der Waals surface area contributed by atoms with E-state index in [9.17, 15) is 22.8 Å². The predicted molar refractivity (Wildman–Crippen MR) is 109 cm³/mol. The maximum atomic E-state index is 12.6. The Hall–Kier alpha value is -2.81. The first-order chi connectivity index (χ1) is 14.2. The fourth-order valence-corrected chi connectivity index (χ4v) is 2.75. The summed E-state index contributed by atoms with van der Waals surface area (Å²) in [5.74, 6) is -0.251. The second kappa shape index (κ2) is 10.8. The number of rotatable bonds is 9. The molecule has 0 saturated heterocycles. The number of carbonyl (C=O) groups excluding carboxylic acids is 2. The van der Waals surface area contributed by atoms with Crippen LogP contribution in [0.5, 0.6) is 0 Å². The van der Waals surface area contributed by atoms with E-state index in [1.165, 1.54) is 0 Å². The normalized spacial score (nSPS) is 11.1. The summed E-state index contributed by atoms with van der Waals surface area (Å²) in [4.78, 5) is 27.3. The predicted octanol–water partition coefficient (Wildman–Crippen LogP) is 4.61. The van der Waals surface area contributed by atoms with Crippen LogP contribution in [0.1, 0.15) is 37.3 Å². The molecule has 2 rings (SSSR count). The highest BCUT2D eigenvalue weighted by atomic mass is 35.5. The second-order valence-corrected chi connectivity index (χ2v) is 6.91. The molecule has 1 aromatic carbocycles. The molecule has 30 heavy (non-hydrogen) atoms. The molecule has 0 aliphatic heterocycles. The van der Waals surface area contributed by atoms with Gasteiger partial charge in [0.1, 0.15) is 5.82 Å². The van der Waals surface area contributed by atoms with Gasteiger partial charge in [0.15, 0.2) is 0 Å². The Bertz CT molecular complexity index is 891. The van der Waals surface area contributed by atoms with Gasteiger partial charge in [-0.05, 0) is 30.2 Å². The van der Waals surface area contributed by atoms with Gasteiger partial charge >= 0.3 is 6.18 Å². The number of carbonyl (C=O) groups is 2. The quantitative estimate of drug-likeness (QED) is 0.529. The van der Waals surface area contributed by atoms with Gasteiger partial charge in [0.05, 0.1) is 10.6 Å². The summed E-state index contributed by atoms with van der Waals surface area (Å²) in [6.45, 7) is 2.34. The monoisotopic (exact) mass is 442 g/mol. The molecule has 0 bridgehead atoms. The van der Waals surface area contributed by atoms with Gasteiger partial charge in [-0.15, -0.1) is 0 Å². The number of hydrogen-bond acceptors (Lipinski definition) is 4. The van der Waals surface area contributed by atoms with Crippen LogP contribution in [0.4, 0.5) is 24.7 Å². The van der Waals surface area contributed by atoms with Gasteiger partial charge in [0.25, 0.3) is 0 Å². The van der Waals surface area contributed by atoms with Gasteiger partial charge in [-0.3, -0.25) is 9.59 Å². The minimum Gasteiger partial charge on any atom is -0.368 e. The highest BCUT2D eigenvalue weighted by molar-refractivity contribution is 6.32. The third-order valence-corrected chi connectivity index (χ3v) is 4.28. The van der Waals surface area contributed by atoms with Crippen molar-refractivity contribution in [1.29, 1.82) is 0 Å². The zero-order chi connectivity index (χ0) is 22.1. The first-order valence-electron chi connectivity index (χ1n) is 9.31. The largest absolute Gasteiger partial charge is 0.417 e. The minimum atomic E-state index is -4.52. The molecule has 0 aliphatic carbocycles. The fourth-order valence-electron chi connectivity index (χ4n) is 2.52. The van der Waals surface area contributed by atoms with E-state index in [1.54, 1.807) is 18.2 Å². The molecule has 0 unspecified atom stereocenters. The summed E-state index contributed by atoms with van der Waals surface area (Å²) >= 11 is 5.81. The van der Waals surface area contributed by atoms with Crippen molar-refractivity contribution < 1.29 is 22.8 Å².